The highest BCUT2D eigenvalue weighted by Crippen LogP contribution is 2.33. The number of carbonyl (C=O) groups is 1. The first kappa shape index (κ1) is 10.3. The van der Waals surface area contributed by atoms with Crippen molar-refractivity contribution in [2.45, 2.75) is 19.3 Å². The first-order chi connectivity index (χ1) is 8.25. The van der Waals surface area contributed by atoms with E-state index in [1.54, 1.807) is 0 Å². The fourth-order valence-corrected chi connectivity index (χ4v) is 2.51. The lowest BCUT2D eigenvalue weighted by atomic mass is 9.94. The molecule has 0 fully saturated rings. The van der Waals surface area contributed by atoms with E-state index in [0.717, 1.165) is 17.5 Å². The summed E-state index contributed by atoms with van der Waals surface area (Å²) in [7, 11) is 0. The molecular weight excluding hydrogens is 208 g/mol. The molecule has 1 aliphatic carbocycles. The summed E-state index contributed by atoms with van der Waals surface area (Å²) < 4.78 is 0. The minimum Gasteiger partial charge on any atom is -0.293 e. The van der Waals surface area contributed by atoms with Gasteiger partial charge in [-0.05, 0) is 24.5 Å². The smallest absolute Gasteiger partial charge is 0.170 e. The SMILES string of the molecule is Cc1ccc(C2Cc3ccccc3C2=O)cc1. The molecule has 1 atom stereocenters. The van der Waals surface area contributed by atoms with E-state index in [0.29, 0.717) is 0 Å². The van der Waals surface area contributed by atoms with Crippen molar-refractivity contribution in [3.05, 3.63) is 70.8 Å². The van der Waals surface area contributed by atoms with Crippen LogP contribution < -0.4 is 0 Å². The monoisotopic (exact) mass is 222 g/mol. The number of fused-ring (bicyclic) bond motifs is 1. The first-order valence-corrected chi connectivity index (χ1v) is 5.94. The summed E-state index contributed by atoms with van der Waals surface area (Å²) >= 11 is 0. The number of ketones is 1. The van der Waals surface area contributed by atoms with Gasteiger partial charge < -0.3 is 0 Å². The molecule has 0 aliphatic heterocycles. The number of Topliss-reactive ketones (excluding diaryl/α,β-unsaturated/α-hetero) is 1. The summed E-state index contributed by atoms with van der Waals surface area (Å²) in [6.07, 6.45) is 0.845. The highest BCUT2D eigenvalue weighted by atomic mass is 16.1. The number of aryl methyl sites for hydroxylation is 1. The van der Waals surface area contributed by atoms with Gasteiger partial charge in [0.15, 0.2) is 5.78 Å². The lowest BCUT2D eigenvalue weighted by Crippen LogP contribution is -2.06. The van der Waals surface area contributed by atoms with Crippen LogP contribution in [0.3, 0.4) is 0 Å². The number of rotatable bonds is 1. The highest BCUT2D eigenvalue weighted by Gasteiger charge is 2.30. The maximum absolute atomic E-state index is 12.3. The zero-order valence-corrected chi connectivity index (χ0v) is 9.81. The van der Waals surface area contributed by atoms with Crippen molar-refractivity contribution in [3.63, 3.8) is 0 Å². The largest absolute Gasteiger partial charge is 0.293 e. The lowest BCUT2D eigenvalue weighted by Gasteiger charge is -2.08. The van der Waals surface area contributed by atoms with Gasteiger partial charge in [0.05, 0.1) is 5.92 Å². The zero-order valence-electron chi connectivity index (χ0n) is 9.81. The Labute approximate surface area is 101 Å². The van der Waals surface area contributed by atoms with Gasteiger partial charge >= 0.3 is 0 Å². The summed E-state index contributed by atoms with van der Waals surface area (Å²) in [5.74, 6) is 0.289. The van der Waals surface area contributed by atoms with E-state index in [1.807, 2.05) is 18.2 Å². The maximum atomic E-state index is 12.3. The van der Waals surface area contributed by atoms with Crippen LogP contribution in [0.25, 0.3) is 0 Å². The number of carbonyl (C=O) groups excluding carboxylic acids is 1. The van der Waals surface area contributed by atoms with Gasteiger partial charge in [-0.15, -0.1) is 0 Å². The van der Waals surface area contributed by atoms with Crippen molar-refractivity contribution in [1.82, 2.24) is 0 Å². The molecule has 0 bridgehead atoms. The maximum Gasteiger partial charge on any atom is 0.170 e. The molecule has 2 aromatic rings. The first-order valence-electron chi connectivity index (χ1n) is 5.94. The summed E-state index contributed by atoms with van der Waals surface area (Å²) in [6, 6.07) is 16.2. The summed E-state index contributed by atoms with van der Waals surface area (Å²) in [5.41, 5.74) is 4.45. The van der Waals surface area contributed by atoms with Gasteiger partial charge in [-0.2, -0.15) is 0 Å². The van der Waals surface area contributed by atoms with E-state index in [-0.39, 0.29) is 11.7 Å². The van der Waals surface area contributed by atoms with Crippen LogP contribution in [0, 0.1) is 6.92 Å². The lowest BCUT2D eigenvalue weighted by molar-refractivity contribution is 0.0973. The average molecular weight is 222 g/mol. The Morgan fingerprint density at radius 2 is 1.71 bits per heavy atom. The standard InChI is InChI=1S/C16H14O/c1-11-6-8-12(9-7-11)15-10-13-4-2-3-5-14(13)16(15)17/h2-9,15H,10H2,1H3. The van der Waals surface area contributed by atoms with Crippen LogP contribution in [-0.4, -0.2) is 5.78 Å². The van der Waals surface area contributed by atoms with E-state index in [2.05, 4.69) is 37.3 Å². The third-order valence-electron chi connectivity index (χ3n) is 3.50. The van der Waals surface area contributed by atoms with Crippen LogP contribution in [0.15, 0.2) is 48.5 Å². The molecule has 0 spiro atoms. The number of hydrogen-bond acceptors (Lipinski definition) is 1. The molecule has 1 unspecified atom stereocenters. The van der Waals surface area contributed by atoms with Gasteiger partial charge in [0.2, 0.25) is 0 Å². The van der Waals surface area contributed by atoms with Crippen LogP contribution in [0.1, 0.15) is 33.0 Å². The molecule has 1 aliphatic rings. The Hall–Kier alpha value is -1.89. The van der Waals surface area contributed by atoms with Crippen LogP contribution >= 0.6 is 0 Å². The quantitative estimate of drug-likeness (QED) is 0.721. The van der Waals surface area contributed by atoms with E-state index >= 15 is 0 Å². The average Bonchev–Trinajstić information content (AvgIpc) is 2.69. The van der Waals surface area contributed by atoms with Crippen molar-refractivity contribution in [1.29, 1.82) is 0 Å². The molecule has 1 nitrogen and oxygen atoms in total. The predicted octanol–water partition coefficient (Wildman–Crippen LogP) is 3.52. The van der Waals surface area contributed by atoms with Gasteiger partial charge in [-0.25, -0.2) is 0 Å². The molecule has 2 aromatic carbocycles. The molecule has 0 saturated carbocycles. The minimum absolute atomic E-state index is 0.0213. The molecule has 0 saturated heterocycles. The second kappa shape index (κ2) is 3.85. The zero-order chi connectivity index (χ0) is 11.8. The normalized spacial score (nSPS) is 18.2. The van der Waals surface area contributed by atoms with Gasteiger partial charge in [-0.3, -0.25) is 4.79 Å². The molecule has 0 aromatic heterocycles. The Morgan fingerprint density at radius 3 is 2.41 bits per heavy atom. The predicted molar refractivity (Wildman–Crippen MR) is 68.4 cm³/mol. The summed E-state index contributed by atoms with van der Waals surface area (Å²) in [4.78, 5) is 12.3. The van der Waals surface area contributed by atoms with Gasteiger partial charge in [0.1, 0.15) is 0 Å². The van der Waals surface area contributed by atoms with Crippen molar-refractivity contribution in [3.8, 4) is 0 Å². The van der Waals surface area contributed by atoms with Crippen molar-refractivity contribution in [2.75, 3.05) is 0 Å². The Bertz CT molecular complexity index is 566. The Morgan fingerprint density at radius 1 is 1.00 bits per heavy atom. The fraction of sp³-hybridized carbons (Fsp3) is 0.188. The van der Waals surface area contributed by atoms with Crippen LogP contribution in [-0.2, 0) is 6.42 Å². The van der Waals surface area contributed by atoms with E-state index < -0.39 is 0 Å². The highest BCUT2D eigenvalue weighted by molar-refractivity contribution is 6.05. The van der Waals surface area contributed by atoms with E-state index in [4.69, 9.17) is 0 Å². The van der Waals surface area contributed by atoms with Crippen molar-refractivity contribution in [2.24, 2.45) is 0 Å². The molecular formula is C16H14O. The number of hydrogen-bond donors (Lipinski definition) is 0. The molecule has 17 heavy (non-hydrogen) atoms. The van der Waals surface area contributed by atoms with E-state index in [1.165, 1.54) is 11.1 Å². The molecule has 1 heteroatoms. The van der Waals surface area contributed by atoms with Crippen LogP contribution in [0.5, 0.6) is 0 Å². The molecule has 0 heterocycles. The second-order valence-electron chi connectivity index (χ2n) is 4.69. The molecule has 3 rings (SSSR count). The summed E-state index contributed by atoms with van der Waals surface area (Å²) in [5, 5.41) is 0. The van der Waals surface area contributed by atoms with Crippen LogP contribution in [0.2, 0.25) is 0 Å². The topological polar surface area (TPSA) is 17.1 Å². The van der Waals surface area contributed by atoms with Crippen LogP contribution in [0.4, 0.5) is 0 Å². The minimum atomic E-state index is 0.0213. The fourth-order valence-electron chi connectivity index (χ4n) is 2.51. The molecule has 0 radical (unpaired) electrons. The third kappa shape index (κ3) is 1.68. The van der Waals surface area contributed by atoms with Crippen molar-refractivity contribution >= 4 is 5.78 Å². The van der Waals surface area contributed by atoms with Crippen molar-refractivity contribution < 1.29 is 4.79 Å². The number of benzene rings is 2. The summed E-state index contributed by atoms with van der Waals surface area (Å²) in [6.45, 7) is 2.06. The molecule has 0 N–H and O–H groups in total. The van der Waals surface area contributed by atoms with Gasteiger partial charge in [0.25, 0.3) is 0 Å². The Kier molecular flexibility index (Phi) is 2.32. The van der Waals surface area contributed by atoms with Gasteiger partial charge in [-0.1, -0.05) is 54.1 Å². The Balaban J connectivity index is 1.99. The molecule has 0 amide bonds. The van der Waals surface area contributed by atoms with E-state index in [9.17, 15) is 4.79 Å². The molecule has 84 valence electrons. The van der Waals surface area contributed by atoms with Gasteiger partial charge in [0, 0.05) is 5.56 Å². The second-order valence-corrected chi connectivity index (χ2v) is 4.69. The third-order valence-corrected chi connectivity index (χ3v) is 3.50.